The fraction of sp³-hybridized carbons (Fsp3) is 0.174. The minimum absolute atomic E-state index is 0.176. The Labute approximate surface area is 213 Å². The fourth-order valence-corrected chi connectivity index (χ4v) is 4.25. The summed E-state index contributed by atoms with van der Waals surface area (Å²) in [6.07, 6.45) is -4.64. The number of ketones is 1. The van der Waals surface area contributed by atoms with Gasteiger partial charge in [-0.15, -0.1) is 0 Å². The lowest BCUT2D eigenvalue weighted by molar-refractivity contribution is -0.139. The lowest BCUT2D eigenvalue weighted by Crippen LogP contribution is -2.19. The maximum Gasteiger partial charge on any atom is 0.419 e. The zero-order valence-electron chi connectivity index (χ0n) is 19.0. The van der Waals surface area contributed by atoms with Gasteiger partial charge in [-0.1, -0.05) is 0 Å². The highest BCUT2D eigenvalue weighted by atomic mass is 79.9. The topological polar surface area (TPSA) is 101 Å². The molecule has 3 rings (SSSR count). The number of ether oxygens (including phenoxy) is 3. The van der Waals surface area contributed by atoms with E-state index in [1.54, 1.807) is 0 Å². The van der Waals surface area contributed by atoms with Crippen molar-refractivity contribution in [1.29, 1.82) is 0 Å². The van der Waals surface area contributed by atoms with Crippen LogP contribution >= 0.6 is 15.9 Å². The van der Waals surface area contributed by atoms with Crippen LogP contribution in [0, 0.1) is 17.5 Å². The molecule has 196 valence electrons. The van der Waals surface area contributed by atoms with E-state index in [0.29, 0.717) is 6.07 Å². The number of hydrogen-bond acceptors (Lipinski definition) is 6. The van der Waals surface area contributed by atoms with Crippen molar-refractivity contribution >= 4 is 27.6 Å². The van der Waals surface area contributed by atoms with Gasteiger partial charge >= 0.3 is 6.18 Å². The van der Waals surface area contributed by atoms with Gasteiger partial charge in [-0.3, -0.25) is 9.59 Å². The van der Waals surface area contributed by atoms with E-state index in [4.69, 9.17) is 19.9 Å². The molecule has 0 fully saturated rings. The SMILES string of the molecule is COc1ncc(-c2c(Oc3ccc(F)c(F)c3OC)c(C(N)=O)cc(F)c2C(F)(F)F)c(C(C)=O)c1Br. The van der Waals surface area contributed by atoms with Gasteiger partial charge in [0.2, 0.25) is 17.4 Å². The normalized spacial score (nSPS) is 11.3. The van der Waals surface area contributed by atoms with Crippen LogP contribution in [0.1, 0.15) is 33.2 Å². The third-order valence-electron chi connectivity index (χ3n) is 5.01. The van der Waals surface area contributed by atoms with E-state index < -0.39 is 80.4 Å². The minimum Gasteiger partial charge on any atom is -0.490 e. The first-order chi connectivity index (χ1) is 17.2. The summed E-state index contributed by atoms with van der Waals surface area (Å²) in [5.41, 5.74) is 0.204. The monoisotopic (exact) mass is 592 g/mol. The smallest absolute Gasteiger partial charge is 0.419 e. The maximum absolute atomic E-state index is 15.0. The number of Topliss-reactive ketones (excluding diaryl/α,β-unsaturated/α-hetero) is 1. The van der Waals surface area contributed by atoms with E-state index in [0.717, 1.165) is 26.3 Å². The van der Waals surface area contributed by atoms with Crippen LogP contribution in [-0.4, -0.2) is 30.9 Å². The molecule has 0 spiro atoms. The van der Waals surface area contributed by atoms with Crippen molar-refractivity contribution in [2.24, 2.45) is 5.73 Å². The van der Waals surface area contributed by atoms with Crippen molar-refractivity contribution in [2.75, 3.05) is 14.2 Å². The standard InChI is InChI=1S/C23H15BrF6N2O5/c1-8(33)14-10(7-32-22(36-3)17(14)24)15-16(23(28,29)30)12(26)6-9(21(31)34)19(15)37-13-5-4-11(25)18(27)20(13)35-2/h4-7H,1-3H3,(H2,31,34). The molecule has 0 saturated heterocycles. The second kappa shape index (κ2) is 10.3. The van der Waals surface area contributed by atoms with Crippen molar-refractivity contribution in [1.82, 2.24) is 4.98 Å². The van der Waals surface area contributed by atoms with Crippen LogP contribution in [0.4, 0.5) is 26.3 Å². The lowest BCUT2D eigenvalue weighted by Gasteiger charge is -2.23. The van der Waals surface area contributed by atoms with Crippen LogP contribution in [0.15, 0.2) is 28.9 Å². The van der Waals surface area contributed by atoms with Crippen LogP contribution in [0.25, 0.3) is 11.1 Å². The Hall–Kier alpha value is -3.81. The van der Waals surface area contributed by atoms with Crippen molar-refractivity contribution in [2.45, 2.75) is 13.1 Å². The molecule has 1 amide bonds. The number of primary amides is 1. The highest BCUT2D eigenvalue weighted by Crippen LogP contribution is 2.50. The summed E-state index contributed by atoms with van der Waals surface area (Å²) < 4.78 is 101. The number of methoxy groups -OCH3 is 2. The largest absolute Gasteiger partial charge is 0.490 e. The average molecular weight is 593 g/mol. The summed E-state index contributed by atoms with van der Waals surface area (Å²) in [7, 11) is 2.10. The van der Waals surface area contributed by atoms with Crippen LogP contribution in [-0.2, 0) is 6.18 Å². The number of halogens is 7. The molecule has 0 aliphatic carbocycles. The molecule has 3 aromatic rings. The van der Waals surface area contributed by atoms with Crippen molar-refractivity contribution < 1.29 is 50.1 Å². The van der Waals surface area contributed by atoms with Crippen LogP contribution in [0.3, 0.4) is 0 Å². The lowest BCUT2D eigenvalue weighted by atomic mass is 9.91. The van der Waals surface area contributed by atoms with Gasteiger partial charge in [-0.25, -0.2) is 13.8 Å². The Morgan fingerprint density at radius 2 is 1.68 bits per heavy atom. The summed E-state index contributed by atoms with van der Waals surface area (Å²) in [5, 5.41) is 0. The molecule has 7 nitrogen and oxygen atoms in total. The maximum atomic E-state index is 15.0. The van der Waals surface area contributed by atoms with Gasteiger partial charge in [0.15, 0.2) is 17.3 Å². The first kappa shape index (κ1) is 27.8. The molecule has 0 bridgehead atoms. The molecule has 37 heavy (non-hydrogen) atoms. The molecule has 0 unspecified atom stereocenters. The Morgan fingerprint density at radius 1 is 1.03 bits per heavy atom. The Kier molecular flexibility index (Phi) is 7.72. The summed E-state index contributed by atoms with van der Waals surface area (Å²) in [6.45, 7) is 1.00. The van der Waals surface area contributed by atoms with Crippen molar-refractivity contribution in [3.63, 3.8) is 0 Å². The van der Waals surface area contributed by atoms with Gasteiger partial charge in [0, 0.05) is 22.9 Å². The molecule has 0 aliphatic rings. The van der Waals surface area contributed by atoms with Gasteiger partial charge in [-0.2, -0.15) is 17.6 Å². The molecule has 0 saturated carbocycles. The van der Waals surface area contributed by atoms with Crippen molar-refractivity contribution in [3.8, 4) is 34.3 Å². The molecule has 2 aromatic carbocycles. The number of amides is 1. The molecule has 0 aliphatic heterocycles. The van der Waals surface area contributed by atoms with Gasteiger partial charge < -0.3 is 19.9 Å². The Bertz CT molecular complexity index is 1430. The highest BCUT2D eigenvalue weighted by molar-refractivity contribution is 9.10. The number of nitrogens with zero attached hydrogens (tertiary/aromatic N) is 1. The van der Waals surface area contributed by atoms with Gasteiger partial charge in [0.1, 0.15) is 17.1 Å². The number of aromatic nitrogens is 1. The molecular formula is C23H15BrF6N2O5. The summed E-state index contributed by atoms with van der Waals surface area (Å²) in [5.74, 6) is -9.88. The molecule has 0 atom stereocenters. The summed E-state index contributed by atoms with van der Waals surface area (Å²) in [6, 6.07) is 1.56. The van der Waals surface area contributed by atoms with E-state index in [1.165, 1.54) is 7.11 Å². The number of hydrogen-bond donors (Lipinski definition) is 1. The van der Waals surface area contributed by atoms with E-state index in [1.807, 2.05) is 0 Å². The number of carbonyl (C=O) groups excluding carboxylic acids is 2. The Morgan fingerprint density at radius 3 is 2.19 bits per heavy atom. The number of pyridine rings is 1. The van der Waals surface area contributed by atoms with Gasteiger partial charge in [0.25, 0.3) is 5.91 Å². The molecular weight excluding hydrogens is 578 g/mol. The molecule has 0 radical (unpaired) electrons. The third-order valence-corrected chi connectivity index (χ3v) is 5.75. The number of alkyl halides is 3. The number of rotatable bonds is 7. The van der Waals surface area contributed by atoms with E-state index >= 15 is 0 Å². The minimum atomic E-state index is -5.41. The average Bonchev–Trinajstić information content (AvgIpc) is 2.80. The first-order valence-corrected chi connectivity index (χ1v) is 10.7. The number of nitrogens with two attached hydrogens (primary N) is 1. The predicted molar refractivity (Wildman–Crippen MR) is 120 cm³/mol. The fourth-order valence-electron chi connectivity index (χ4n) is 3.50. The van der Waals surface area contributed by atoms with Crippen LogP contribution in [0.2, 0.25) is 0 Å². The second-order valence-electron chi connectivity index (χ2n) is 7.27. The van der Waals surface area contributed by atoms with Gasteiger partial charge in [-0.05, 0) is 41.1 Å². The summed E-state index contributed by atoms with van der Waals surface area (Å²) in [4.78, 5) is 28.5. The van der Waals surface area contributed by atoms with Crippen LogP contribution in [0.5, 0.6) is 23.1 Å². The highest BCUT2D eigenvalue weighted by Gasteiger charge is 2.42. The molecule has 1 aromatic heterocycles. The second-order valence-corrected chi connectivity index (χ2v) is 8.06. The zero-order chi connectivity index (χ0) is 27.8. The molecule has 1 heterocycles. The Balaban J connectivity index is 2.57. The number of carbonyl (C=O) groups is 2. The van der Waals surface area contributed by atoms with E-state index in [2.05, 4.69) is 20.9 Å². The predicted octanol–water partition coefficient (Wildman–Crippen LogP) is 6.06. The molecule has 2 N–H and O–H groups in total. The van der Waals surface area contributed by atoms with Crippen molar-refractivity contribution in [3.05, 3.63) is 63.0 Å². The number of benzene rings is 2. The zero-order valence-corrected chi connectivity index (χ0v) is 20.6. The van der Waals surface area contributed by atoms with Crippen LogP contribution < -0.4 is 19.9 Å². The first-order valence-electron chi connectivity index (χ1n) is 9.91. The van der Waals surface area contributed by atoms with E-state index in [-0.39, 0.29) is 16.4 Å². The molecule has 14 heteroatoms. The quantitative estimate of drug-likeness (QED) is 0.264. The third kappa shape index (κ3) is 5.05. The summed E-state index contributed by atoms with van der Waals surface area (Å²) >= 11 is 3.04. The van der Waals surface area contributed by atoms with E-state index in [9.17, 15) is 35.9 Å². The van der Waals surface area contributed by atoms with Gasteiger partial charge in [0.05, 0.1) is 24.3 Å².